The summed E-state index contributed by atoms with van der Waals surface area (Å²) in [5, 5.41) is 15.5. The summed E-state index contributed by atoms with van der Waals surface area (Å²) in [5.74, 6) is 1.01. The summed E-state index contributed by atoms with van der Waals surface area (Å²) in [5.41, 5.74) is 7.73. The zero-order chi connectivity index (χ0) is 20.9. The van der Waals surface area contributed by atoms with Crippen molar-refractivity contribution in [2.75, 3.05) is 30.3 Å². The zero-order valence-corrected chi connectivity index (χ0v) is 17.4. The van der Waals surface area contributed by atoms with Gasteiger partial charge in [0, 0.05) is 31.5 Å². The van der Waals surface area contributed by atoms with Crippen LogP contribution in [0.15, 0.2) is 41.4 Å². The van der Waals surface area contributed by atoms with Crippen LogP contribution in [0.25, 0.3) is 6.08 Å². The molecule has 1 unspecified atom stereocenters. The van der Waals surface area contributed by atoms with Gasteiger partial charge in [0.25, 0.3) is 5.91 Å². The van der Waals surface area contributed by atoms with Crippen molar-refractivity contribution in [1.82, 2.24) is 20.6 Å². The molecule has 0 spiro atoms. The summed E-state index contributed by atoms with van der Waals surface area (Å²) in [4.78, 5) is 23.4. The average Bonchev–Trinajstić information content (AvgIpc) is 3.07. The molecule has 2 aliphatic heterocycles. The Labute approximate surface area is 180 Å². The zero-order valence-electron chi connectivity index (χ0n) is 16.6. The molecule has 30 heavy (non-hydrogen) atoms. The average molecular weight is 427 g/mol. The van der Waals surface area contributed by atoms with Crippen molar-refractivity contribution < 1.29 is 9.90 Å². The summed E-state index contributed by atoms with van der Waals surface area (Å²) in [6.45, 7) is 3.54. The number of rotatable bonds is 6. The first-order chi connectivity index (χ1) is 14.6. The van der Waals surface area contributed by atoms with E-state index in [4.69, 9.17) is 5.73 Å². The minimum absolute atomic E-state index is 0.279. The minimum atomic E-state index is -0.893. The van der Waals surface area contributed by atoms with Crippen LogP contribution in [0.3, 0.4) is 0 Å². The molecule has 8 nitrogen and oxygen atoms in total. The molecule has 1 amide bonds. The van der Waals surface area contributed by atoms with E-state index in [1.54, 1.807) is 18.3 Å². The molecule has 3 heterocycles. The number of nitrogen functional groups attached to an aromatic ring is 1. The number of nitrogens with two attached hydrogens (primary N) is 1. The van der Waals surface area contributed by atoms with Crippen LogP contribution in [0.1, 0.15) is 24.1 Å². The first kappa shape index (κ1) is 20.6. The number of aliphatic hydroxyl groups is 1. The number of amides is 1. The molecule has 1 aromatic heterocycles. The van der Waals surface area contributed by atoms with Gasteiger partial charge in [-0.05, 0) is 49.1 Å². The highest BCUT2D eigenvalue weighted by molar-refractivity contribution is 8.05. The third-order valence-electron chi connectivity index (χ3n) is 5.36. The van der Waals surface area contributed by atoms with Gasteiger partial charge in [0.15, 0.2) is 5.56 Å². The van der Waals surface area contributed by atoms with Crippen LogP contribution in [0.5, 0.6) is 0 Å². The van der Waals surface area contributed by atoms with E-state index in [0.29, 0.717) is 22.5 Å². The van der Waals surface area contributed by atoms with Gasteiger partial charge < -0.3 is 26.4 Å². The number of carbonyl (C=O) groups is 1. The predicted molar refractivity (Wildman–Crippen MR) is 119 cm³/mol. The minimum Gasteiger partial charge on any atom is -0.398 e. The van der Waals surface area contributed by atoms with E-state index >= 15 is 0 Å². The van der Waals surface area contributed by atoms with Crippen molar-refractivity contribution in [2.24, 2.45) is 5.92 Å². The van der Waals surface area contributed by atoms with Gasteiger partial charge in [0.1, 0.15) is 0 Å². The number of carbonyl (C=O) groups excluding carboxylic acids is 1. The molecule has 0 bridgehead atoms. The second-order valence-electron chi connectivity index (χ2n) is 7.49. The smallest absolute Gasteiger partial charge is 0.260 e. The van der Waals surface area contributed by atoms with Gasteiger partial charge >= 0.3 is 0 Å². The van der Waals surface area contributed by atoms with E-state index in [2.05, 4.69) is 31.6 Å². The molecular formula is C21H26N6O2S. The van der Waals surface area contributed by atoms with E-state index in [1.165, 1.54) is 0 Å². The monoisotopic (exact) mass is 426 g/mol. The fourth-order valence-electron chi connectivity index (χ4n) is 3.66. The lowest BCUT2D eigenvalue weighted by Gasteiger charge is -2.32. The Balaban J connectivity index is 1.28. The Morgan fingerprint density at radius 3 is 2.83 bits per heavy atom. The highest BCUT2D eigenvalue weighted by Crippen LogP contribution is 2.28. The van der Waals surface area contributed by atoms with Crippen LogP contribution in [0.4, 0.5) is 11.6 Å². The van der Waals surface area contributed by atoms with Crippen molar-refractivity contribution in [2.45, 2.75) is 24.9 Å². The molecule has 0 saturated carbocycles. The number of thioether (sulfide) groups is 1. The van der Waals surface area contributed by atoms with E-state index in [-0.39, 0.29) is 5.91 Å². The molecule has 158 valence electrons. The number of piperidine rings is 1. The van der Waals surface area contributed by atoms with Gasteiger partial charge in [-0.2, -0.15) is 0 Å². The van der Waals surface area contributed by atoms with E-state index in [1.807, 2.05) is 18.2 Å². The van der Waals surface area contributed by atoms with Crippen molar-refractivity contribution >= 4 is 35.4 Å². The summed E-state index contributed by atoms with van der Waals surface area (Å²) in [6, 6.07) is 9.71. The van der Waals surface area contributed by atoms with Crippen LogP contribution >= 0.6 is 11.8 Å². The maximum absolute atomic E-state index is 11.8. The lowest BCUT2D eigenvalue weighted by atomic mass is 9.97. The SMILES string of the molecule is Nc1ccccc1CNCC1CCN(c2nccc(C=C3SC(O)NC3=O)n2)CC1. The highest BCUT2D eigenvalue weighted by Gasteiger charge is 2.25. The molecule has 0 radical (unpaired) electrons. The lowest BCUT2D eigenvalue weighted by Crippen LogP contribution is -2.38. The Morgan fingerprint density at radius 1 is 1.30 bits per heavy atom. The summed E-state index contributed by atoms with van der Waals surface area (Å²) < 4.78 is 0. The maximum Gasteiger partial charge on any atom is 0.260 e. The quantitative estimate of drug-likeness (QED) is 0.406. The number of aromatic nitrogens is 2. The predicted octanol–water partition coefficient (Wildman–Crippen LogP) is 1.54. The molecule has 1 aromatic carbocycles. The van der Waals surface area contributed by atoms with E-state index < -0.39 is 5.56 Å². The fourth-order valence-corrected chi connectivity index (χ4v) is 4.42. The van der Waals surface area contributed by atoms with Gasteiger partial charge in [-0.15, -0.1) is 0 Å². The number of nitrogens with zero attached hydrogens (tertiary/aromatic N) is 3. The van der Waals surface area contributed by atoms with E-state index in [0.717, 1.165) is 62.0 Å². The third-order valence-corrected chi connectivity index (χ3v) is 6.26. The molecule has 2 saturated heterocycles. The van der Waals surface area contributed by atoms with Crippen LogP contribution < -0.4 is 21.3 Å². The number of aliphatic hydroxyl groups excluding tert-OH is 1. The van der Waals surface area contributed by atoms with Gasteiger partial charge in [0.2, 0.25) is 5.95 Å². The van der Waals surface area contributed by atoms with Crippen LogP contribution in [0.2, 0.25) is 0 Å². The second kappa shape index (κ2) is 9.46. The molecule has 9 heteroatoms. The maximum atomic E-state index is 11.8. The Kier molecular flexibility index (Phi) is 6.51. The number of benzene rings is 1. The van der Waals surface area contributed by atoms with Gasteiger partial charge in [-0.25, -0.2) is 9.97 Å². The van der Waals surface area contributed by atoms with Crippen molar-refractivity contribution in [3.8, 4) is 0 Å². The molecule has 4 rings (SSSR count). The van der Waals surface area contributed by atoms with Gasteiger partial charge in [-0.1, -0.05) is 30.0 Å². The second-order valence-corrected chi connectivity index (χ2v) is 8.62. The number of nitrogens with one attached hydrogen (secondary N) is 2. The molecule has 5 N–H and O–H groups in total. The number of para-hydroxylation sites is 1. The molecular weight excluding hydrogens is 400 g/mol. The van der Waals surface area contributed by atoms with Gasteiger partial charge in [0.05, 0.1) is 10.6 Å². The Morgan fingerprint density at radius 2 is 2.10 bits per heavy atom. The lowest BCUT2D eigenvalue weighted by molar-refractivity contribution is -0.117. The van der Waals surface area contributed by atoms with Crippen LogP contribution in [-0.2, 0) is 11.3 Å². The molecule has 1 atom stereocenters. The number of hydrogen-bond donors (Lipinski definition) is 4. The van der Waals surface area contributed by atoms with Crippen molar-refractivity contribution in [3.05, 3.63) is 52.7 Å². The highest BCUT2D eigenvalue weighted by atomic mass is 32.2. The molecule has 0 aliphatic carbocycles. The summed E-state index contributed by atoms with van der Waals surface area (Å²) in [7, 11) is 0. The molecule has 2 aliphatic rings. The number of anilines is 2. The molecule has 2 aromatic rings. The van der Waals surface area contributed by atoms with Crippen LogP contribution in [-0.4, -0.2) is 46.2 Å². The first-order valence-electron chi connectivity index (χ1n) is 10.1. The fraction of sp³-hybridized carbons (Fsp3) is 0.381. The summed E-state index contributed by atoms with van der Waals surface area (Å²) in [6.07, 6.45) is 5.53. The third kappa shape index (κ3) is 5.10. The van der Waals surface area contributed by atoms with E-state index in [9.17, 15) is 9.90 Å². The summed E-state index contributed by atoms with van der Waals surface area (Å²) >= 11 is 1.08. The topological polar surface area (TPSA) is 116 Å². The largest absolute Gasteiger partial charge is 0.398 e. The standard InChI is InChI=1S/C21H26N6O2S/c22-17-4-2-1-3-15(17)13-23-12-14-6-9-27(10-7-14)20-24-8-5-16(25-20)11-18-19(28)26-21(29)30-18/h1-5,8,11,14,21,23,29H,6-7,9-10,12-13,22H2,(H,26,28). The Bertz CT molecular complexity index is 929. The van der Waals surface area contributed by atoms with Crippen LogP contribution in [0, 0.1) is 5.92 Å². The van der Waals surface area contributed by atoms with Crippen molar-refractivity contribution in [3.63, 3.8) is 0 Å². The Hall–Kier alpha value is -2.62. The molecule has 2 fully saturated rings. The number of hydrogen-bond acceptors (Lipinski definition) is 8. The first-order valence-corrected chi connectivity index (χ1v) is 11.0. The van der Waals surface area contributed by atoms with Gasteiger partial charge in [-0.3, -0.25) is 4.79 Å². The van der Waals surface area contributed by atoms with Crippen molar-refractivity contribution in [1.29, 1.82) is 0 Å². The normalized spacial score (nSPS) is 21.2.